The summed E-state index contributed by atoms with van der Waals surface area (Å²) in [4.78, 5) is 27.9. The molecule has 6 rings (SSSR count). The predicted molar refractivity (Wildman–Crippen MR) is 176 cm³/mol. The zero-order valence-electron chi connectivity index (χ0n) is 27.8. The number of hydrogen-bond donors (Lipinski definition) is 1. The second-order valence-corrected chi connectivity index (χ2v) is 13.6. The van der Waals surface area contributed by atoms with E-state index in [-0.39, 0.29) is 37.3 Å². The van der Waals surface area contributed by atoms with Crippen LogP contribution in [0.15, 0.2) is 42.7 Å². The molecule has 13 heteroatoms. The molecule has 1 N–H and O–H groups in total. The molecule has 1 aliphatic heterocycles. The molecule has 0 saturated carbocycles. The number of esters is 1. The zero-order valence-corrected chi connectivity index (χ0v) is 27.8. The third kappa shape index (κ3) is 7.04. The summed E-state index contributed by atoms with van der Waals surface area (Å²) in [6.07, 6.45) is 5.12. The van der Waals surface area contributed by atoms with E-state index in [0.29, 0.717) is 17.3 Å². The third-order valence-electron chi connectivity index (χ3n) is 8.63. The Kier molecular flexibility index (Phi) is 8.84. The molecule has 248 valence electrons. The lowest BCUT2D eigenvalue weighted by molar-refractivity contribution is -0.155. The third-order valence-corrected chi connectivity index (χ3v) is 8.63. The first kappa shape index (κ1) is 32.3. The highest BCUT2D eigenvalue weighted by atomic mass is 19.1. The van der Waals surface area contributed by atoms with Crippen LogP contribution in [0.5, 0.6) is 0 Å². The van der Waals surface area contributed by atoms with E-state index in [1.54, 1.807) is 42.5 Å². The van der Waals surface area contributed by atoms with Gasteiger partial charge < -0.3 is 15.0 Å². The van der Waals surface area contributed by atoms with Crippen molar-refractivity contribution in [1.29, 1.82) is 0 Å². The minimum atomic E-state index is -0.599. The molecule has 0 atom stereocenters. The van der Waals surface area contributed by atoms with Gasteiger partial charge in [0, 0.05) is 35.3 Å². The fourth-order valence-corrected chi connectivity index (χ4v) is 6.34. The number of amides is 1. The van der Waals surface area contributed by atoms with Crippen LogP contribution in [0.25, 0.3) is 32.9 Å². The number of benzene rings is 2. The van der Waals surface area contributed by atoms with Gasteiger partial charge in [-0.2, -0.15) is 10.2 Å². The molecule has 1 saturated heterocycles. The average molecular weight is 644 g/mol. The average Bonchev–Trinajstić information content (AvgIpc) is 3.72. The molecular formula is C34H42FN9O3. The van der Waals surface area contributed by atoms with Gasteiger partial charge in [0.05, 0.1) is 35.7 Å². The van der Waals surface area contributed by atoms with Gasteiger partial charge in [-0.25, -0.2) is 9.07 Å². The van der Waals surface area contributed by atoms with Crippen LogP contribution < -0.4 is 5.32 Å². The monoisotopic (exact) mass is 643 g/mol. The normalized spacial score (nSPS) is 14.8. The predicted octanol–water partition coefficient (Wildman–Crippen LogP) is 4.57. The number of halogens is 1. The summed E-state index contributed by atoms with van der Waals surface area (Å²) in [7, 11) is 1.84. The maximum Gasteiger partial charge on any atom is 0.328 e. The number of rotatable bonds is 9. The highest BCUT2D eigenvalue weighted by Gasteiger charge is 2.28. The van der Waals surface area contributed by atoms with Gasteiger partial charge in [0.15, 0.2) is 0 Å². The highest BCUT2D eigenvalue weighted by Crippen LogP contribution is 2.40. The number of carbonyl (C=O) groups excluding carboxylic acids is 2. The van der Waals surface area contributed by atoms with Crippen molar-refractivity contribution in [2.45, 2.75) is 84.7 Å². The summed E-state index contributed by atoms with van der Waals surface area (Å²) in [6.45, 7) is 11.7. The van der Waals surface area contributed by atoms with Gasteiger partial charge in [-0.3, -0.25) is 19.0 Å². The quantitative estimate of drug-likeness (QED) is 0.232. The Hall–Kier alpha value is -4.65. The lowest BCUT2D eigenvalue weighted by Crippen LogP contribution is -2.38. The van der Waals surface area contributed by atoms with Crippen LogP contribution in [0.4, 0.5) is 4.39 Å². The summed E-state index contributed by atoms with van der Waals surface area (Å²) in [5.74, 6) is -0.843. The summed E-state index contributed by atoms with van der Waals surface area (Å²) in [5, 5.41) is 21.9. The largest absolute Gasteiger partial charge is 0.459 e. The molecule has 1 aliphatic rings. The first-order valence-electron chi connectivity index (χ1n) is 16.1. The molecule has 4 heterocycles. The van der Waals surface area contributed by atoms with E-state index in [1.165, 1.54) is 10.7 Å². The minimum absolute atomic E-state index is 0.0277. The van der Waals surface area contributed by atoms with Crippen LogP contribution in [0.3, 0.4) is 0 Å². The first-order chi connectivity index (χ1) is 22.4. The Balaban J connectivity index is 1.27. The van der Waals surface area contributed by atoms with Crippen LogP contribution in [0.1, 0.15) is 64.8 Å². The molecule has 1 fully saturated rings. The molecule has 0 unspecified atom stereocenters. The molecule has 0 spiro atoms. The van der Waals surface area contributed by atoms with E-state index in [9.17, 15) is 9.59 Å². The van der Waals surface area contributed by atoms with Crippen molar-refractivity contribution in [3.05, 3.63) is 59.9 Å². The number of carbonyl (C=O) groups is 2. The standard InChI is InChI=1S/C34H42FN9O3/c1-21(2)42-12-10-22(11-13-42)33-32-25(26-15-29-23(14-27(26)35)16-37-41(29)6)8-7-9-28(32)44(39-33)19-30(45)36-17-24-18-43(40-38-24)20-31(46)47-34(3,4)5/h7-9,14-16,18,21-22H,10-13,17,19-20H2,1-6H3,(H,36,45). The summed E-state index contributed by atoms with van der Waals surface area (Å²) in [6, 6.07) is 9.59. The number of hydrogen-bond acceptors (Lipinski definition) is 8. The maximum atomic E-state index is 15.7. The molecule has 47 heavy (non-hydrogen) atoms. The number of nitrogens with zero attached hydrogens (tertiary/aromatic N) is 8. The van der Waals surface area contributed by atoms with Crippen molar-refractivity contribution in [2.75, 3.05) is 13.1 Å². The molecular weight excluding hydrogens is 601 g/mol. The van der Waals surface area contributed by atoms with Gasteiger partial charge >= 0.3 is 5.97 Å². The van der Waals surface area contributed by atoms with Crippen molar-refractivity contribution in [3.8, 4) is 11.1 Å². The van der Waals surface area contributed by atoms with Gasteiger partial charge in [0.25, 0.3) is 0 Å². The van der Waals surface area contributed by atoms with Crippen LogP contribution in [-0.2, 0) is 41.0 Å². The molecule has 0 bridgehead atoms. The van der Waals surface area contributed by atoms with Gasteiger partial charge in [-0.1, -0.05) is 17.3 Å². The van der Waals surface area contributed by atoms with Gasteiger partial charge in [-0.05, 0) is 84.3 Å². The van der Waals surface area contributed by atoms with Crippen molar-refractivity contribution >= 4 is 33.7 Å². The molecule has 2 aromatic carbocycles. The maximum absolute atomic E-state index is 15.7. The Labute approximate surface area is 272 Å². The Bertz CT molecular complexity index is 1930. The number of fused-ring (bicyclic) bond motifs is 2. The van der Waals surface area contributed by atoms with Gasteiger partial charge in [0.1, 0.15) is 30.2 Å². The van der Waals surface area contributed by atoms with Crippen molar-refractivity contribution in [3.63, 3.8) is 0 Å². The molecule has 0 radical (unpaired) electrons. The van der Waals surface area contributed by atoms with E-state index in [2.05, 4.69) is 39.5 Å². The summed E-state index contributed by atoms with van der Waals surface area (Å²) < 4.78 is 25.9. The lowest BCUT2D eigenvalue weighted by Gasteiger charge is -2.34. The Morgan fingerprint density at radius 3 is 2.57 bits per heavy atom. The number of aromatic nitrogens is 7. The summed E-state index contributed by atoms with van der Waals surface area (Å²) >= 11 is 0. The fourth-order valence-electron chi connectivity index (χ4n) is 6.34. The van der Waals surface area contributed by atoms with Crippen molar-refractivity contribution in [2.24, 2.45) is 7.05 Å². The topological polar surface area (TPSA) is 125 Å². The van der Waals surface area contributed by atoms with E-state index in [0.717, 1.165) is 59.0 Å². The fraction of sp³-hybridized carbons (Fsp3) is 0.471. The lowest BCUT2D eigenvalue weighted by atomic mass is 9.88. The number of piperidine rings is 1. The molecule has 1 amide bonds. The first-order valence-corrected chi connectivity index (χ1v) is 16.1. The van der Waals surface area contributed by atoms with Crippen LogP contribution in [0, 0.1) is 5.82 Å². The number of likely N-dealkylation sites (tertiary alicyclic amines) is 1. The smallest absolute Gasteiger partial charge is 0.328 e. The van der Waals surface area contributed by atoms with Crippen LogP contribution in [0.2, 0.25) is 0 Å². The number of aryl methyl sites for hydroxylation is 1. The zero-order chi connectivity index (χ0) is 33.5. The Morgan fingerprint density at radius 2 is 1.85 bits per heavy atom. The highest BCUT2D eigenvalue weighted by molar-refractivity contribution is 5.99. The second-order valence-electron chi connectivity index (χ2n) is 13.6. The van der Waals surface area contributed by atoms with Gasteiger partial charge in [0.2, 0.25) is 5.91 Å². The van der Waals surface area contributed by atoms with E-state index >= 15 is 4.39 Å². The number of nitrogens with one attached hydrogen (secondary N) is 1. The molecule has 12 nitrogen and oxygen atoms in total. The van der Waals surface area contributed by atoms with Crippen LogP contribution >= 0.6 is 0 Å². The van der Waals surface area contributed by atoms with Crippen molar-refractivity contribution < 1.29 is 18.7 Å². The molecule has 5 aromatic rings. The molecule has 3 aromatic heterocycles. The number of ether oxygens (including phenoxy) is 1. The van der Waals surface area contributed by atoms with Gasteiger partial charge in [-0.15, -0.1) is 5.10 Å². The summed E-state index contributed by atoms with van der Waals surface area (Å²) in [5.41, 5.74) is 3.63. The molecule has 0 aliphatic carbocycles. The van der Waals surface area contributed by atoms with Crippen LogP contribution in [-0.4, -0.2) is 76.1 Å². The van der Waals surface area contributed by atoms with Crippen molar-refractivity contribution in [1.82, 2.24) is 44.8 Å². The Morgan fingerprint density at radius 1 is 1.09 bits per heavy atom. The van der Waals surface area contributed by atoms with E-state index in [4.69, 9.17) is 9.84 Å². The van der Waals surface area contributed by atoms with E-state index in [1.807, 2.05) is 31.3 Å². The minimum Gasteiger partial charge on any atom is -0.459 e. The second kappa shape index (κ2) is 12.9. The van der Waals surface area contributed by atoms with E-state index < -0.39 is 11.6 Å². The SMILES string of the molecule is CC(C)N1CCC(c2nn(CC(=O)NCc3cn(CC(=O)OC(C)(C)C)nn3)c3cccc(-c4cc5c(cnn5C)cc4F)c23)CC1.